The van der Waals surface area contributed by atoms with Crippen LogP contribution in [0.5, 0.6) is 0 Å². The first-order valence-corrected chi connectivity index (χ1v) is 3.54. The Balaban J connectivity index is 2.45. The Hall–Kier alpha value is 0.270. The lowest BCUT2D eigenvalue weighted by atomic mass is 10.7. The molecule has 0 radical (unpaired) electrons. The third kappa shape index (κ3) is 6.27. The summed E-state index contributed by atoms with van der Waals surface area (Å²) in [5, 5.41) is 3.03. The van der Waals surface area contributed by atoms with Gasteiger partial charge in [0, 0.05) is 13.1 Å². The largest absolute Gasteiger partial charge is 0.318 e. The molecule has 0 aromatic heterocycles. The average molecular weight is 120 g/mol. The van der Waals surface area contributed by atoms with Gasteiger partial charge in [-0.3, -0.25) is 4.72 Å². The van der Waals surface area contributed by atoms with Crippen LogP contribution in [0.2, 0.25) is 0 Å². The van der Waals surface area contributed by atoms with Crippen molar-refractivity contribution < 1.29 is 0 Å². The smallest absolute Gasteiger partial charge is 0.0184 e. The number of hydrogen-bond acceptors (Lipinski definition) is 3. The average Bonchev–Trinajstić information content (AvgIpc) is 1.69. The lowest BCUT2D eigenvalue weighted by Gasteiger charge is -1.96. The molecule has 0 fully saturated rings. The summed E-state index contributed by atoms with van der Waals surface area (Å²) >= 11 is 1.65. The van der Waals surface area contributed by atoms with E-state index in [1.165, 1.54) is 0 Å². The molecule has 0 saturated carbocycles. The molecule has 2 nitrogen and oxygen atoms in total. The number of hydrogen-bond donors (Lipinski definition) is 2. The van der Waals surface area contributed by atoms with Gasteiger partial charge >= 0.3 is 0 Å². The van der Waals surface area contributed by atoms with Crippen molar-refractivity contribution in [2.75, 3.05) is 26.4 Å². The van der Waals surface area contributed by atoms with Crippen molar-refractivity contribution in [3.8, 4) is 0 Å². The minimum atomic E-state index is 1.04. The molecular weight excluding hydrogens is 108 g/mol. The zero-order valence-corrected chi connectivity index (χ0v) is 5.64. The van der Waals surface area contributed by atoms with Gasteiger partial charge in [0.25, 0.3) is 0 Å². The standard InChI is InChI=1S/C4H12N2S/c1-5-3-4-6-7-2/h5-6H,3-4H2,1-2H3. The molecular formula is C4H12N2S. The molecule has 0 heterocycles. The van der Waals surface area contributed by atoms with Gasteiger partial charge in [-0.2, -0.15) is 0 Å². The molecule has 0 aliphatic rings. The van der Waals surface area contributed by atoms with Crippen molar-refractivity contribution in [2.45, 2.75) is 0 Å². The van der Waals surface area contributed by atoms with E-state index in [4.69, 9.17) is 0 Å². The van der Waals surface area contributed by atoms with Gasteiger partial charge in [0.1, 0.15) is 0 Å². The first-order chi connectivity index (χ1) is 3.41. The summed E-state index contributed by atoms with van der Waals surface area (Å²) in [6.45, 7) is 2.08. The fraction of sp³-hybridized carbons (Fsp3) is 1.00. The van der Waals surface area contributed by atoms with Crippen LogP contribution in [-0.2, 0) is 0 Å². The van der Waals surface area contributed by atoms with E-state index < -0.39 is 0 Å². The van der Waals surface area contributed by atoms with Crippen LogP contribution < -0.4 is 10.0 Å². The third-order valence-electron chi connectivity index (χ3n) is 0.621. The van der Waals surface area contributed by atoms with Crippen molar-refractivity contribution in [2.24, 2.45) is 0 Å². The third-order valence-corrected chi connectivity index (χ3v) is 1.11. The quantitative estimate of drug-likeness (QED) is 0.405. The normalized spacial score (nSPS) is 9.43. The fourth-order valence-electron chi connectivity index (χ4n) is 0.278. The van der Waals surface area contributed by atoms with Gasteiger partial charge < -0.3 is 5.32 Å². The lowest BCUT2D eigenvalue weighted by molar-refractivity contribution is 0.777. The molecule has 2 N–H and O–H groups in total. The second-order valence-electron chi connectivity index (χ2n) is 1.20. The highest BCUT2D eigenvalue weighted by atomic mass is 32.2. The maximum Gasteiger partial charge on any atom is 0.0184 e. The molecule has 3 heteroatoms. The maximum atomic E-state index is 3.10. The Kier molecular flexibility index (Phi) is 6.51. The molecule has 0 rings (SSSR count). The van der Waals surface area contributed by atoms with Gasteiger partial charge in [-0.1, -0.05) is 11.9 Å². The minimum Gasteiger partial charge on any atom is -0.318 e. The highest BCUT2D eigenvalue weighted by Crippen LogP contribution is 1.76. The lowest BCUT2D eigenvalue weighted by Crippen LogP contribution is -2.19. The zero-order valence-electron chi connectivity index (χ0n) is 4.82. The van der Waals surface area contributed by atoms with Crippen LogP contribution in [0.1, 0.15) is 0 Å². The van der Waals surface area contributed by atoms with Gasteiger partial charge in [0.2, 0.25) is 0 Å². The van der Waals surface area contributed by atoms with Crippen molar-refractivity contribution >= 4 is 11.9 Å². The Morgan fingerprint density at radius 2 is 2.14 bits per heavy atom. The number of likely N-dealkylation sites (N-methyl/N-ethyl adjacent to an activating group) is 1. The molecule has 0 unspecified atom stereocenters. The van der Waals surface area contributed by atoms with Crippen LogP contribution >= 0.6 is 11.9 Å². The van der Waals surface area contributed by atoms with E-state index in [1.54, 1.807) is 11.9 Å². The van der Waals surface area contributed by atoms with Gasteiger partial charge in [-0.15, -0.1) is 0 Å². The Morgan fingerprint density at radius 3 is 2.57 bits per heavy atom. The summed E-state index contributed by atoms with van der Waals surface area (Å²) < 4.78 is 3.10. The molecule has 0 atom stereocenters. The second kappa shape index (κ2) is 6.27. The van der Waals surface area contributed by atoms with Gasteiger partial charge in [0.05, 0.1) is 0 Å². The van der Waals surface area contributed by atoms with E-state index in [0.29, 0.717) is 0 Å². The van der Waals surface area contributed by atoms with E-state index in [2.05, 4.69) is 10.0 Å². The van der Waals surface area contributed by atoms with Crippen LogP contribution in [0.4, 0.5) is 0 Å². The monoisotopic (exact) mass is 120 g/mol. The Labute approximate surface area is 49.2 Å². The van der Waals surface area contributed by atoms with Crippen LogP contribution in [0.25, 0.3) is 0 Å². The van der Waals surface area contributed by atoms with Crippen LogP contribution in [0, 0.1) is 0 Å². The molecule has 0 aromatic rings. The number of nitrogens with one attached hydrogen (secondary N) is 2. The number of rotatable bonds is 4. The maximum absolute atomic E-state index is 3.10. The Morgan fingerprint density at radius 1 is 1.43 bits per heavy atom. The van der Waals surface area contributed by atoms with Crippen molar-refractivity contribution in [1.29, 1.82) is 0 Å². The molecule has 7 heavy (non-hydrogen) atoms. The minimum absolute atomic E-state index is 1.04. The first kappa shape index (κ1) is 7.27. The first-order valence-electron chi connectivity index (χ1n) is 2.32. The van der Waals surface area contributed by atoms with Crippen molar-refractivity contribution in [3.63, 3.8) is 0 Å². The van der Waals surface area contributed by atoms with Crippen LogP contribution in [-0.4, -0.2) is 26.4 Å². The van der Waals surface area contributed by atoms with E-state index in [9.17, 15) is 0 Å². The summed E-state index contributed by atoms with van der Waals surface area (Å²) in [7, 11) is 1.95. The predicted molar refractivity (Wildman–Crippen MR) is 35.4 cm³/mol. The van der Waals surface area contributed by atoms with E-state index in [0.717, 1.165) is 13.1 Å². The summed E-state index contributed by atoms with van der Waals surface area (Å²) in [6.07, 6.45) is 2.02. The highest BCUT2D eigenvalue weighted by Gasteiger charge is 1.76. The Bertz CT molecular complexity index is 28.9. The van der Waals surface area contributed by atoms with Gasteiger partial charge in [-0.05, 0) is 13.3 Å². The highest BCUT2D eigenvalue weighted by molar-refractivity contribution is 7.96. The van der Waals surface area contributed by atoms with E-state index in [-0.39, 0.29) is 0 Å². The molecule has 0 aliphatic heterocycles. The summed E-state index contributed by atoms with van der Waals surface area (Å²) in [6, 6.07) is 0. The molecule has 0 bridgehead atoms. The SMILES string of the molecule is CNCCNSC. The van der Waals surface area contributed by atoms with Crippen LogP contribution in [0.3, 0.4) is 0 Å². The molecule has 0 spiro atoms. The molecule has 0 saturated heterocycles. The van der Waals surface area contributed by atoms with Crippen molar-refractivity contribution in [1.82, 2.24) is 10.0 Å². The van der Waals surface area contributed by atoms with Crippen molar-refractivity contribution in [3.05, 3.63) is 0 Å². The van der Waals surface area contributed by atoms with E-state index >= 15 is 0 Å². The second-order valence-corrected chi connectivity index (χ2v) is 1.90. The fourth-order valence-corrected chi connectivity index (χ4v) is 0.584. The van der Waals surface area contributed by atoms with Crippen LogP contribution in [0.15, 0.2) is 0 Å². The topological polar surface area (TPSA) is 24.1 Å². The summed E-state index contributed by atoms with van der Waals surface area (Å²) in [5.74, 6) is 0. The van der Waals surface area contributed by atoms with Gasteiger partial charge in [0.15, 0.2) is 0 Å². The molecule has 44 valence electrons. The zero-order chi connectivity index (χ0) is 5.54. The van der Waals surface area contributed by atoms with E-state index in [1.807, 2.05) is 13.3 Å². The summed E-state index contributed by atoms with van der Waals surface area (Å²) in [5.41, 5.74) is 0. The molecule has 0 aliphatic carbocycles. The predicted octanol–water partition coefficient (Wildman–Crippen LogP) is 0.0734. The molecule has 0 aromatic carbocycles. The van der Waals surface area contributed by atoms with Gasteiger partial charge in [-0.25, -0.2) is 0 Å². The summed E-state index contributed by atoms with van der Waals surface area (Å²) in [4.78, 5) is 0. The molecule has 0 amide bonds.